The molecule has 5 nitrogen and oxygen atoms in total. The Morgan fingerprint density at radius 3 is 2.65 bits per heavy atom. The van der Waals surface area contributed by atoms with Crippen LogP contribution in [0, 0.1) is 0 Å². The quantitative estimate of drug-likeness (QED) is 0.831. The van der Waals surface area contributed by atoms with E-state index in [1.807, 2.05) is 49.2 Å². The van der Waals surface area contributed by atoms with Gasteiger partial charge in [-0.3, -0.25) is 4.79 Å². The number of hydrogen-bond acceptors (Lipinski definition) is 4. The van der Waals surface area contributed by atoms with Gasteiger partial charge < -0.3 is 4.90 Å². The monoisotopic (exact) mass is 352 g/mol. The van der Waals surface area contributed by atoms with Gasteiger partial charge in [0.1, 0.15) is 0 Å². The summed E-state index contributed by atoms with van der Waals surface area (Å²) >= 11 is 1.42. The van der Waals surface area contributed by atoms with Gasteiger partial charge in [-0.1, -0.05) is 49.0 Å². The van der Waals surface area contributed by atoms with Crippen molar-refractivity contribution in [1.29, 1.82) is 0 Å². The zero-order valence-corrected chi connectivity index (χ0v) is 14.8. The zero-order chi connectivity index (χ0) is 16.6. The molecule has 124 valence electrons. The highest BCUT2D eigenvalue weighted by molar-refractivity contribution is 8.15. The Morgan fingerprint density at radius 2 is 2.04 bits per heavy atom. The number of hydrogen-bond donors (Lipinski definition) is 0. The van der Waals surface area contributed by atoms with Crippen LogP contribution in [0.3, 0.4) is 0 Å². The number of benzene rings is 1. The van der Waals surface area contributed by atoms with Crippen LogP contribution < -0.4 is 0 Å². The molecule has 0 unspecified atom stereocenters. The normalized spacial score (nSPS) is 28.8. The lowest BCUT2D eigenvalue weighted by atomic mass is 9.96. The highest BCUT2D eigenvalue weighted by atomic mass is 32.2. The minimum atomic E-state index is -2.96. The molecule has 2 aliphatic rings. The van der Waals surface area contributed by atoms with Gasteiger partial charge in [-0.15, -0.1) is 0 Å². The Hall–Kier alpha value is -1.34. The van der Waals surface area contributed by atoms with Crippen LogP contribution in [0.25, 0.3) is 0 Å². The molecule has 23 heavy (non-hydrogen) atoms. The summed E-state index contributed by atoms with van der Waals surface area (Å²) in [7, 11) is -1.13. The maximum Gasteiger partial charge on any atom is 0.255 e. The van der Waals surface area contributed by atoms with Gasteiger partial charge in [-0.25, -0.2) is 8.42 Å². The van der Waals surface area contributed by atoms with E-state index < -0.39 is 9.84 Å². The summed E-state index contributed by atoms with van der Waals surface area (Å²) in [6.45, 7) is 1.97. The third kappa shape index (κ3) is 3.30. The van der Waals surface area contributed by atoms with Crippen molar-refractivity contribution < 1.29 is 13.2 Å². The van der Waals surface area contributed by atoms with E-state index in [4.69, 9.17) is 0 Å². The summed E-state index contributed by atoms with van der Waals surface area (Å²) in [5.41, 5.74) is 0.970. The number of amidine groups is 1. The summed E-state index contributed by atoms with van der Waals surface area (Å²) < 4.78 is 23.4. The van der Waals surface area contributed by atoms with E-state index in [1.165, 1.54) is 11.8 Å². The Labute approximate surface area is 141 Å². The molecule has 0 aromatic heterocycles. The van der Waals surface area contributed by atoms with Crippen molar-refractivity contribution in [1.82, 2.24) is 4.90 Å². The van der Waals surface area contributed by atoms with Crippen LogP contribution >= 0.6 is 11.8 Å². The lowest BCUT2D eigenvalue weighted by Gasteiger charge is -2.18. The topological polar surface area (TPSA) is 66.8 Å². The second-order valence-corrected chi connectivity index (χ2v) is 9.38. The molecule has 0 N–H and O–H groups in total. The van der Waals surface area contributed by atoms with Crippen molar-refractivity contribution in [2.24, 2.45) is 4.99 Å². The highest BCUT2D eigenvalue weighted by Crippen LogP contribution is 2.37. The van der Waals surface area contributed by atoms with Crippen molar-refractivity contribution in [2.45, 2.75) is 30.6 Å². The third-order valence-corrected chi connectivity index (χ3v) is 7.74. The summed E-state index contributed by atoms with van der Waals surface area (Å²) in [6.07, 6.45) is 0.690. The average molecular weight is 352 g/mol. The number of carbonyl (C=O) groups is 1. The number of rotatable bonds is 3. The number of thioether (sulfide) groups is 1. The van der Waals surface area contributed by atoms with Crippen LogP contribution in [0.5, 0.6) is 0 Å². The predicted octanol–water partition coefficient (Wildman–Crippen LogP) is 1.91. The van der Waals surface area contributed by atoms with Gasteiger partial charge in [0.05, 0.1) is 23.5 Å². The minimum absolute atomic E-state index is 0.00616. The largest absolute Gasteiger partial charge is 0.349 e. The van der Waals surface area contributed by atoms with Gasteiger partial charge in [0, 0.05) is 12.3 Å². The number of fused-ring (bicyclic) bond motifs is 1. The summed E-state index contributed by atoms with van der Waals surface area (Å²) in [4.78, 5) is 18.7. The molecule has 3 rings (SSSR count). The molecular formula is C16H20N2O3S2. The van der Waals surface area contributed by atoms with E-state index in [9.17, 15) is 13.2 Å². The van der Waals surface area contributed by atoms with Gasteiger partial charge in [-0.05, 0) is 12.0 Å². The molecule has 1 amide bonds. The minimum Gasteiger partial charge on any atom is -0.349 e. The van der Waals surface area contributed by atoms with Crippen LogP contribution in [0.15, 0.2) is 35.3 Å². The third-order valence-electron chi connectivity index (χ3n) is 4.44. The lowest BCUT2D eigenvalue weighted by molar-refractivity contribution is -0.119. The molecule has 0 spiro atoms. The summed E-state index contributed by atoms with van der Waals surface area (Å²) in [6, 6.07) is 9.59. The van der Waals surface area contributed by atoms with Crippen molar-refractivity contribution in [3.63, 3.8) is 0 Å². The van der Waals surface area contributed by atoms with Crippen LogP contribution in [-0.4, -0.2) is 54.2 Å². The first-order chi connectivity index (χ1) is 10.9. The number of amides is 1. The maximum atomic E-state index is 12.6. The van der Waals surface area contributed by atoms with E-state index >= 15 is 0 Å². The molecule has 0 saturated carbocycles. The van der Waals surface area contributed by atoms with Crippen LogP contribution in [0.2, 0.25) is 0 Å². The standard InChI is InChI=1S/C16H20N2O3S2/c1-3-12(11-7-5-4-6-8-11)15(19)17-16-18(2)13-9-23(20,21)10-14(13)22-16/h4-8,12-14H,3,9-10H2,1-2H3/t12-,13-,14+/m0/s1. The van der Waals surface area contributed by atoms with Crippen molar-refractivity contribution in [3.05, 3.63) is 35.9 Å². The zero-order valence-electron chi connectivity index (χ0n) is 13.2. The molecule has 2 aliphatic heterocycles. The molecule has 3 atom stereocenters. The van der Waals surface area contributed by atoms with Crippen LogP contribution in [0.4, 0.5) is 0 Å². The SMILES string of the molecule is CC[C@H](C(=O)N=C1S[C@@H]2CS(=O)(=O)C[C@@H]2N1C)c1ccccc1. The number of sulfone groups is 1. The van der Waals surface area contributed by atoms with E-state index in [-0.39, 0.29) is 34.6 Å². The smallest absolute Gasteiger partial charge is 0.255 e. The first-order valence-corrected chi connectivity index (χ1v) is 10.4. The van der Waals surface area contributed by atoms with Crippen LogP contribution in [0.1, 0.15) is 24.8 Å². The number of aliphatic imine (C=N–C) groups is 1. The van der Waals surface area contributed by atoms with E-state index in [0.29, 0.717) is 11.6 Å². The Kier molecular flexibility index (Phi) is 4.51. The Morgan fingerprint density at radius 1 is 1.35 bits per heavy atom. The van der Waals surface area contributed by atoms with Gasteiger partial charge in [0.2, 0.25) is 0 Å². The van der Waals surface area contributed by atoms with Crippen molar-refractivity contribution in [3.8, 4) is 0 Å². The molecule has 1 aromatic rings. The van der Waals surface area contributed by atoms with E-state index in [0.717, 1.165) is 5.56 Å². The predicted molar refractivity (Wildman–Crippen MR) is 93.5 cm³/mol. The number of nitrogens with zero attached hydrogens (tertiary/aromatic N) is 2. The van der Waals surface area contributed by atoms with Crippen molar-refractivity contribution in [2.75, 3.05) is 18.6 Å². The van der Waals surface area contributed by atoms with Gasteiger partial charge in [0.25, 0.3) is 5.91 Å². The first-order valence-electron chi connectivity index (χ1n) is 7.68. The second-order valence-electron chi connectivity index (χ2n) is 6.02. The Balaban J connectivity index is 1.78. The molecular weight excluding hydrogens is 332 g/mol. The fourth-order valence-corrected chi connectivity index (χ4v) is 7.15. The van der Waals surface area contributed by atoms with E-state index in [2.05, 4.69) is 4.99 Å². The molecule has 0 radical (unpaired) electrons. The molecule has 2 fully saturated rings. The van der Waals surface area contributed by atoms with E-state index in [1.54, 1.807) is 0 Å². The van der Waals surface area contributed by atoms with Gasteiger partial charge in [0.15, 0.2) is 15.0 Å². The molecule has 2 heterocycles. The second kappa shape index (κ2) is 6.28. The van der Waals surface area contributed by atoms with Crippen molar-refractivity contribution >= 4 is 32.7 Å². The van der Waals surface area contributed by atoms with Crippen LogP contribution in [-0.2, 0) is 14.6 Å². The molecule has 2 saturated heterocycles. The maximum absolute atomic E-state index is 12.6. The first kappa shape index (κ1) is 16.5. The lowest BCUT2D eigenvalue weighted by Crippen LogP contribution is -2.34. The van der Waals surface area contributed by atoms with Gasteiger partial charge in [-0.2, -0.15) is 4.99 Å². The molecule has 7 heteroatoms. The summed E-state index contributed by atoms with van der Waals surface area (Å²) in [5.74, 6) is -0.0715. The number of carbonyl (C=O) groups excluding carboxylic acids is 1. The highest BCUT2D eigenvalue weighted by Gasteiger charge is 2.47. The van der Waals surface area contributed by atoms with Gasteiger partial charge >= 0.3 is 0 Å². The fraction of sp³-hybridized carbons (Fsp3) is 0.500. The fourth-order valence-electron chi connectivity index (χ4n) is 3.15. The molecule has 0 bridgehead atoms. The Bertz CT molecular complexity index is 731. The summed E-state index contributed by atoms with van der Waals surface area (Å²) in [5, 5.41) is 0.641. The molecule has 1 aromatic carbocycles. The molecule has 0 aliphatic carbocycles. The average Bonchev–Trinajstić information content (AvgIpc) is 2.95.